The Morgan fingerprint density at radius 3 is 2.65 bits per heavy atom. The van der Waals surface area contributed by atoms with Crippen LogP contribution >= 0.6 is 0 Å². The number of nitrogens with one attached hydrogen (secondary N) is 2. The van der Waals surface area contributed by atoms with E-state index in [9.17, 15) is 24.8 Å². The van der Waals surface area contributed by atoms with Gasteiger partial charge in [0.15, 0.2) is 11.5 Å². The first-order valence-corrected chi connectivity index (χ1v) is 13.9. The highest BCUT2D eigenvalue weighted by molar-refractivity contribution is 6.19. The number of aromatic amines is 1. The Kier molecular flexibility index (Phi) is 7.80. The summed E-state index contributed by atoms with van der Waals surface area (Å²) < 4.78 is 5.16. The molecule has 0 unspecified atom stereocenters. The van der Waals surface area contributed by atoms with Crippen LogP contribution in [0, 0.1) is 17.0 Å². The summed E-state index contributed by atoms with van der Waals surface area (Å²) >= 11 is 0. The van der Waals surface area contributed by atoms with Crippen molar-refractivity contribution in [2.75, 3.05) is 32.5 Å². The second kappa shape index (κ2) is 11.4. The molecule has 0 radical (unpaired) electrons. The van der Waals surface area contributed by atoms with E-state index in [2.05, 4.69) is 15.3 Å². The third kappa shape index (κ3) is 5.37. The molecule has 0 atom stereocenters. The number of rotatable bonds is 10. The number of fused-ring (bicyclic) bond motifs is 3. The molecule has 0 fully saturated rings. The molecule has 5 rings (SSSR count). The zero-order chi connectivity index (χ0) is 31.1. The van der Waals surface area contributed by atoms with Crippen molar-refractivity contribution >= 4 is 34.2 Å². The van der Waals surface area contributed by atoms with E-state index in [4.69, 9.17) is 10.5 Å². The summed E-state index contributed by atoms with van der Waals surface area (Å²) in [5.74, 6) is 0.0772. The number of aryl methyl sites for hydroxylation is 1. The molecule has 0 saturated heterocycles. The molecule has 1 aliphatic heterocycles. The Balaban J connectivity index is 1.35. The number of nitrogens with two attached hydrogens (primary N) is 1. The van der Waals surface area contributed by atoms with Gasteiger partial charge in [-0.2, -0.15) is 0 Å². The zero-order valence-corrected chi connectivity index (χ0v) is 24.5. The number of aromatic nitrogens is 2. The number of hydrogen-bond acceptors (Lipinski definition) is 9. The number of nitrogen functional groups attached to an aromatic ring is 1. The molecule has 0 aliphatic carbocycles. The fraction of sp³-hybridized carbons (Fsp3) is 0.323. The SMILES string of the molecule is COc1cc(CCNCCCN2C(=O)c3c(cc(N)c4[nH]c(-c5ccc(C)c([N+](=O)[O-])c5)nc34)C(C)(C)C2=O)ccc1O. The third-order valence-corrected chi connectivity index (χ3v) is 7.96. The van der Waals surface area contributed by atoms with Gasteiger partial charge in [-0.3, -0.25) is 24.6 Å². The zero-order valence-electron chi connectivity index (χ0n) is 24.5. The van der Waals surface area contributed by atoms with Crippen LogP contribution in [0.15, 0.2) is 42.5 Å². The molecule has 12 nitrogen and oxygen atoms in total. The highest BCUT2D eigenvalue weighted by Crippen LogP contribution is 2.41. The number of amides is 2. The summed E-state index contributed by atoms with van der Waals surface area (Å²) in [6, 6.07) is 11.7. The van der Waals surface area contributed by atoms with Crippen LogP contribution in [0.4, 0.5) is 11.4 Å². The summed E-state index contributed by atoms with van der Waals surface area (Å²) in [6.07, 6.45) is 1.25. The van der Waals surface area contributed by atoms with Crippen molar-refractivity contribution in [2.24, 2.45) is 0 Å². The van der Waals surface area contributed by atoms with Gasteiger partial charge in [-0.25, -0.2) is 4.98 Å². The average molecular weight is 587 g/mol. The molecule has 1 aromatic heterocycles. The smallest absolute Gasteiger partial charge is 0.273 e. The minimum absolute atomic E-state index is 0.0432. The highest BCUT2D eigenvalue weighted by atomic mass is 16.6. The molecule has 0 spiro atoms. The van der Waals surface area contributed by atoms with E-state index in [1.54, 1.807) is 51.1 Å². The number of methoxy groups -OCH3 is 1. The Bertz CT molecular complexity index is 1760. The average Bonchev–Trinajstić information content (AvgIpc) is 3.42. The predicted octanol–water partition coefficient (Wildman–Crippen LogP) is 4.23. The fourth-order valence-electron chi connectivity index (χ4n) is 5.47. The Morgan fingerprint density at radius 1 is 1.16 bits per heavy atom. The summed E-state index contributed by atoms with van der Waals surface area (Å²) in [6.45, 7) is 6.64. The maximum Gasteiger partial charge on any atom is 0.273 e. The number of nitro benzene ring substituents is 1. The number of benzene rings is 3. The van der Waals surface area contributed by atoms with Gasteiger partial charge >= 0.3 is 0 Å². The van der Waals surface area contributed by atoms with Crippen molar-refractivity contribution in [2.45, 2.75) is 39.0 Å². The van der Waals surface area contributed by atoms with Crippen molar-refractivity contribution in [3.63, 3.8) is 0 Å². The number of imide groups is 1. The molecule has 12 heteroatoms. The first-order valence-electron chi connectivity index (χ1n) is 13.9. The highest BCUT2D eigenvalue weighted by Gasteiger charge is 2.46. The van der Waals surface area contributed by atoms with Gasteiger partial charge in [0.25, 0.3) is 11.6 Å². The Labute approximate surface area is 248 Å². The Hall–Kier alpha value is -4.97. The molecule has 5 N–H and O–H groups in total. The number of carbonyl (C=O) groups is 2. The number of anilines is 1. The molecule has 224 valence electrons. The standard InChI is InChI=1S/C31H34N6O6/c1-17-6-8-19(15-22(17)37(41)42)28-34-26-21(32)16-20-25(27(26)35-28)29(39)36(30(40)31(20,2)3)13-5-11-33-12-10-18-7-9-23(38)24(14-18)43-4/h6-9,14-16,33,38H,5,10-13,32H2,1-4H3,(H,34,35). The van der Waals surface area contributed by atoms with Crippen molar-refractivity contribution in [1.82, 2.24) is 20.2 Å². The number of nitro groups is 1. The predicted molar refractivity (Wildman–Crippen MR) is 162 cm³/mol. The van der Waals surface area contributed by atoms with Crippen molar-refractivity contribution < 1.29 is 24.4 Å². The van der Waals surface area contributed by atoms with Gasteiger partial charge in [0, 0.05) is 23.7 Å². The van der Waals surface area contributed by atoms with Crippen LogP contribution in [0.2, 0.25) is 0 Å². The van der Waals surface area contributed by atoms with E-state index in [0.29, 0.717) is 76.5 Å². The van der Waals surface area contributed by atoms with E-state index in [1.165, 1.54) is 18.1 Å². The number of aromatic hydroxyl groups is 1. The lowest BCUT2D eigenvalue weighted by Gasteiger charge is -2.37. The molecule has 0 bridgehead atoms. The largest absolute Gasteiger partial charge is 0.504 e. The number of phenols is 1. The molecule has 2 amide bonds. The normalized spacial score (nSPS) is 14.3. The van der Waals surface area contributed by atoms with E-state index in [1.807, 2.05) is 6.07 Å². The molecule has 2 heterocycles. The van der Waals surface area contributed by atoms with Gasteiger partial charge in [0.1, 0.15) is 11.3 Å². The monoisotopic (exact) mass is 586 g/mol. The summed E-state index contributed by atoms with van der Waals surface area (Å²) in [5.41, 5.74) is 9.18. The van der Waals surface area contributed by atoms with Crippen LogP contribution in [0.5, 0.6) is 11.5 Å². The van der Waals surface area contributed by atoms with E-state index in [-0.39, 0.29) is 23.9 Å². The molecular weight excluding hydrogens is 552 g/mol. The third-order valence-electron chi connectivity index (χ3n) is 7.96. The molecule has 4 aromatic rings. The van der Waals surface area contributed by atoms with Crippen LogP contribution in [-0.2, 0) is 16.6 Å². The molecule has 0 saturated carbocycles. The van der Waals surface area contributed by atoms with Crippen LogP contribution < -0.4 is 15.8 Å². The van der Waals surface area contributed by atoms with Gasteiger partial charge < -0.3 is 25.9 Å². The summed E-state index contributed by atoms with van der Waals surface area (Å²) in [5, 5.41) is 24.6. The first-order chi connectivity index (χ1) is 20.4. The lowest BCUT2D eigenvalue weighted by atomic mass is 9.76. The molecule has 3 aromatic carbocycles. The quantitative estimate of drug-likeness (QED) is 0.0696. The number of hydrogen-bond donors (Lipinski definition) is 4. The topological polar surface area (TPSA) is 177 Å². The van der Waals surface area contributed by atoms with Crippen molar-refractivity contribution in [3.05, 3.63) is 74.8 Å². The molecule has 1 aliphatic rings. The minimum Gasteiger partial charge on any atom is -0.504 e. The van der Waals surface area contributed by atoms with Crippen LogP contribution in [0.1, 0.15) is 47.3 Å². The lowest BCUT2D eigenvalue weighted by Crippen LogP contribution is -2.52. The minimum atomic E-state index is -1.03. The maximum absolute atomic E-state index is 13.8. The maximum atomic E-state index is 13.8. The Morgan fingerprint density at radius 2 is 1.93 bits per heavy atom. The van der Waals surface area contributed by atoms with E-state index in [0.717, 1.165) is 5.56 Å². The lowest BCUT2D eigenvalue weighted by molar-refractivity contribution is -0.385. The van der Waals surface area contributed by atoms with Gasteiger partial charge in [0.2, 0.25) is 5.91 Å². The summed E-state index contributed by atoms with van der Waals surface area (Å²) in [4.78, 5) is 47.5. The number of nitrogens with zero attached hydrogens (tertiary/aromatic N) is 3. The van der Waals surface area contributed by atoms with Gasteiger partial charge in [-0.1, -0.05) is 18.2 Å². The van der Waals surface area contributed by atoms with Gasteiger partial charge in [-0.15, -0.1) is 0 Å². The number of imidazole rings is 1. The van der Waals surface area contributed by atoms with E-state index < -0.39 is 16.2 Å². The van der Waals surface area contributed by atoms with Crippen LogP contribution in [-0.4, -0.2) is 63.5 Å². The number of phenolic OH excluding ortho intramolecular Hbond substituents is 1. The van der Waals surface area contributed by atoms with Crippen LogP contribution in [0.3, 0.4) is 0 Å². The van der Waals surface area contributed by atoms with E-state index >= 15 is 0 Å². The summed E-state index contributed by atoms with van der Waals surface area (Å²) in [7, 11) is 1.50. The fourth-order valence-corrected chi connectivity index (χ4v) is 5.47. The number of ether oxygens (including phenoxy) is 1. The number of carbonyl (C=O) groups excluding carboxylic acids is 2. The second-order valence-corrected chi connectivity index (χ2v) is 11.2. The van der Waals surface area contributed by atoms with Gasteiger partial charge in [-0.05, 0) is 76.0 Å². The van der Waals surface area contributed by atoms with Crippen LogP contribution in [0.25, 0.3) is 22.4 Å². The number of H-pyrrole nitrogens is 1. The van der Waals surface area contributed by atoms with Crippen molar-refractivity contribution in [1.29, 1.82) is 0 Å². The van der Waals surface area contributed by atoms with Gasteiger partial charge in [0.05, 0.1) is 34.2 Å². The van der Waals surface area contributed by atoms with Crippen molar-refractivity contribution in [3.8, 4) is 22.9 Å². The molecular formula is C31H34N6O6. The second-order valence-electron chi connectivity index (χ2n) is 11.2. The molecule has 43 heavy (non-hydrogen) atoms. The first kappa shape index (κ1) is 29.5.